The summed E-state index contributed by atoms with van der Waals surface area (Å²) in [5.74, 6) is 4.23. The largest absolute Gasteiger partial charge is 0.472 e. The van der Waals surface area contributed by atoms with Crippen LogP contribution in [0, 0.1) is 23.6 Å². The molecule has 0 saturated heterocycles. The molecular weight excluding hydrogens is 453 g/mol. The summed E-state index contributed by atoms with van der Waals surface area (Å²) in [6, 6.07) is 6.40. The van der Waals surface area contributed by atoms with E-state index in [4.69, 9.17) is 4.74 Å². The zero-order valence-electron chi connectivity index (χ0n) is 20.2. The number of aromatic nitrogens is 1. The van der Waals surface area contributed by atoms with Crippen molar-refractivity contribution in [3.63, 3.8) is 0 Å². The molecule has 1 aromatic heterocycles. The van der Waals surface area contributed by atoms with Gasteiger partial charge in [-0.3, -0.25) is 9.59 Å². The number of hydrogen-bond acceptors (Lipinski definition) is 6. The quantitative estimate of drug-likeness (QED) is 0.631. The van der Waals surface area contributed by atoms with Crippen LogP contribution in [0.15, 0.2) is 36.5 Å². The van der Waals surface area contributed by atoms with Gasteiger partial charge in [0, 0.05) is 36.8 Å². The van der Waals surface area contributed by atoms with E-state index in [0.29, 0.717) is 11.1 Å². The molecule has 0 spiro atoms. The van der Waals surface area contributed by atoms with E-state index in [2.05, 4.69) is 16.8 Å². The molecule has 186 valence electrons. The van der Waals surface area contributed by atoms with E-state index in [1.165, 1.54) is 42.3 Å². The van der Waals surface area contributed by atoms with Gasteiger partial charge in [-0.05, 0) is 44.2 Å². The summed E-state index contributed by atoms with van der Waals surface area (Å²) < 4.78 is 19.4. The Labute approximate surface area is 204 Å². The molecule has 0 saturated carbocycles. The molecule has 1 aromatic carbocycles. The highest BCUT2D eigenvalue weighted by atomic mass is 19.1. The zero-order chi connectivity index (χ0) is 25.7. The van der Waals surface area contributed by atoms with Crippen molar-refractivity contribution in [1.82, 2.24) is 14.8 Å². The van der Waals surface area contributed by atoms with Crippen LogP contribution >= 0.6 is 0 Å². The van der Waals surface area contributed by atoms with E-state index in [1.54, 1.807) is 24.9 Å². The molecule has 0 radical (unpaired) electrons. The molecule has 8 nitrogen and oxygen atoms in total. The number of fused-ring (bicyclic) bond motifs is 1. The molecule has 1 aliphatic rings. The third-order valence-corrected chi connectivity index (χ3v) is 5.84. The first-order valence-corrected chi connectivity index (χ1v) is 11.4. The molecule has 2 heterocycles. The minimum Gasteiger partial charge on any atom is -0.472 e. The van der Waals surface area contributed by atoms with Crippen LogP contribution in [-0.4, -0.2) is 81.8 Å². The Kier molecular flexibility index (Phi) is 8.43. The highest BCUT2D eigenvalue weighted by molar-refractivity contribution is 5.97. The van der Waals surface area contributed by atoms with Gasteiger partial charge in [-0.15, -0.1) is 0 Å². The summed E-state index contributed by atoms with van der Waals surface area (Å²) in [5, 5.41) is 19.2. The SMILES string of the molecule is C[C@H](CO)N1C[C@H](C)[C@@H](CN(C)C(=O)c2ccc(F)cc2)Oc2ncc(C#C[C@@H](C)O)cc2C1=O. The van der Waals surface area contributed by atoms with Crippen LogP contribution in [0.2, 0.25) is 0 Å². The van der Waals surface area contributed by atoms with Crippen LogP contribution < -0.4 is 4.74 Å². The monoisotopic (exact) mass is 483 g/mol. The van der Waals surface area contributed by atoms with Gasteiger partial charge in [0.1, 0.15) is 23.6 Å². The van der Waals surface area contributed by atoms with Gasteiger partial charge in [0.25, 0.3) is 11.8 Å². The Hall–Kier alpha value is -3.48. The van der Waals surface area contributed by atoms with E-state index >= 15 is 0 Å². The van der Waals surface area contributed by atoms with Gasteiger partial charge in [0.15, 0.2) is 0 Å². The summed E-state index contributed by atoms with van der Waals surface area (Å²) >= 11 is 0. The minimum atomic E-state index is -0.839. The van der Waals surface area contributed by atoms with Crippen molar-refractivity contribution in [2.24, 2.45) is 5.92 Å². The molecule has 2 N–H and O–H groups in total. The first-order valence-electron chi connectivity index (χ1n) is 11.4. The van der Waals surface area contributed by atoms with Crippen molar-refractivity contribution in [3.05, 3.63) is 59.0 Å². The van der Waals surface area contributed by atoms with Crippen molar-refractivity contribution < 1.29 is 28.9 Å². The second kappa shape index (κ2) is 11.3. The van der Waals surface area contributed by atoms with Crippen molar-refractivity contribution >= 4 is 11.8 Å². The maximum atomic E-state index is 13.4. The highest BCUT2D eigenvalue weighted by Crippen LogP contribution is 2.27. The molecule has 0 unspecified atom stereocenters. The average Bonchev–Trinajstić information content (AvgIpc) is 2.84. The molecule has 0 bridgehead atoms. The van der Waals surface area contributed by atoms with E-state index in [9.17, 15) is 24.2 Å². The number of benzene rings is 1. The molecule has 0 fully saturated rings. The van der Waals surface area contributed by atoms with Gasteiger partial charge in [-0.2, -0.15) is 0 Å². The Morgan fingerprint density at radius 1 is 1.34 bits per heavy atom. The molecule has 2 amide bonds. The van der Waals surface area contributed by atoms with Gasteiger partial charge in [0.05, 0.1) is 19.2 Å². The normalized spacial score (nSPS) is 19.3. The summed E-state index contributed by atoms with van der Waals surface area (Å²) in [6.07, 6.45) is 0.0960. The Morgan fingerprint density at radius 3 is 2.66 bits per heavy atom. The van der Waals surface area contributed by atoms with E-state index in [1.807, 2.05) is 6.92 Å². The predicted octanol–water partition coefficient (Wildman–Crippen LogP) is 1.95. The standard InChI is InChI=1S/C26H30FN3O5/c1-16-13-30(17(2)15-31)26(34)22-11-19(6-5-18(3)32)12-28-24(22)35-23(16)14-29(4)25(33)20-7-9-21(27)10-8-20/h7-12,16-18,23,31-32H,13-15H2,1-4H3/t16-,17+,18+,23+/m0/s1. The highest BCUT2D eigenvalue weighted by Gasteiger charge is 2.34. The van der Waals surface area contributed by atoms with Crippen molar-refractivity contribution in [2.45, 2.75) is 39.0 Å². The lowest BCUT2D eigenvalue weighted by Gasteiger charge is -2.37. The maximum absolute atomic E-state index is 13.4. The van der Waals surface area contributed by atoms with E-state index < -0.39 is 24.1 Å². The molecule has 3 rings (SSSR count). The van der Waals surface area contributed by atoms with Gasteiger partial charge in [-0.25, -0.2) is 9.37 Å². The summed E-state index contributed by atoms with van der Waals surface area (Å²) in [5.41, 5.74) is 0.969. The number of aliphatic hydroxyl groups is 2. The molecule has 2 aromatic rings. The molecule has 4 atom stereocenters. The van der Waals surface area contributed by atoms with Crippen molar-refractivity contribution in [3.8, 4) is 17.7 Å². The van der Waals surface area contributed by atoms with E-state index in [0.717, 1.165) is 0 Å². The van der Waals surface area contributed by atoms with Crippen LogP contribution in [0.1, 0.15) is 47.1 Å². The van der Waals surface area contributed by atoms with Gasteiger partial charge >= 0.3 is 0 Å². The second-order valence-corrected chi connectivity index (χ2v) is 8.84. The fourth-order valence-electron chi connectivity index (χ4n) is 3.74. The molecular formula is C26H30FN3O5. The number of aliphatic hydroxyl groups excluding tert-OH is 2. The lowest BCUT2D eigenvalue weighted by molar-refractivity contribution is 0.0313. The third kappa shape index (κ3) is 6.35. The number of nitrogens with zero attached hydrogens (tertiary/aromatic N) is 3. The number of rotatable bonds is 5. The summed E-state index contributed by atoms with van der Waals surface area (Å²) in [6.45, 7) is 5.43. The van der Waals surface area contributed by atoms with E-state index in [-0.39, 0.29) is 48.9 Å². The average molecular weight is 484 g/mol. The number of likely N-dealkylation sites (N-methyl/N-ethyl adjacent to an activating group) is 1. The molecule has 1 aliphatic heterocycles. The fourth-order valence-corrected chi connectivity index (χ4v) is 3.74. The van der Waals surface area contributed by atoms with Crippen molar-refractivity contribution in [1.29, 1.82) is 0 Å². The predicted molar refractivity (Wildman–Crippen MR) is 127 cm³/mol. The maximum Gasteiger partial charge on any atom is 0.259 e. The number of carbonyl (C=O) groups is 2. The number of carbonyl (C=O) groups excluding carboxylic acids is 2. The van der Waals surface area contributed by atoms with Gasteiger partial charge in [0.2, 0.25) is 5.88 Å². The minimum absolute atomic E-state index is 0.104. The number of pyridine rings is 1. The van der Waals surface area contributed by atoms with Crippen LogP contribution in [-0.2, 0) is 0 Å². The zero-order valence-corrected chi connectivity index (χ0v) is 20.2. The number of halogens is 1. The lowest BCUT2D eigenvalue weighted by atomic mass is 9.99. The van der Waals surface area contributed by atoms with Crippen molar-refractivity contribution in [2.75, 3.05) is 26.7 Å². The topological polar surface area (TPSA) is 103 Å². The fraction of sp³-hybridized carbons (Fsp3) is 0.423. The van der Waals surface area contributed by atoms with Crippen LogP contribution in [0.3, 0.4) is 0 Å². The third-order valence-electron chi connectivity index (χ3n) is 5.84. The van der Waals surface area contributed by atoms with Crippen LogP contribution in [0.4, 0.5) is 4.39 Å². The smallest absolute Gasteiger partial charge is 0.259 e. The molecule has 0 aliphatic carbocycles. The van der Waals surface area contributed by atoms with Crippen LogP contribution in [0.5, 0.6) is 5.88 Å². The lowest BCUT2D eigenvalue weighted by Crippen LogP contribution is -2.50. The summed E-state index contributed by atoms with van der Waals surface area (Å²) in [7, 11) is 1.63. The first-order chi connectivity index (χ1) is 16.6. The Morgan fingerprint density at radius 2 is 2.03 bits per heavy atom. The number of ether oxygens (including phenoxy) is 1. The van der Waals surface area contributed by atoms with Crippen LogP contribution in [0.25, 0.3) is 0 Å². The number of hydrogen-bond donors (Lipinski definition) is 2. The van der Waals surface area contributed by atoms with Gasteiger partial charge in [-0.1, -0.05) is 18.8 Å². The second-order valence-electron chi connectivity index (χ2n) is 8.84. The number of amides is 2. The van der Waals surface area contributed by atoms with Gasteiger partial charge < -0.3 is 24.7 Å². The molecule has 35 heavy (non-hydrogen) atoms. The summed E-state index contributed by atoms with van der Waals surface area (Å²) in [4.78, 5) is 33.6. The Bertz CT molecular complexity index is 1130. The first kappa shape index (κ1) is 26.1. The Balaban J connectivity index is 1.94. The molecule has 9 heteroatoms.